The van der Waals surface area contributed by atoms with Gasteiger partial charge in [-0.1, -0.05) is 23.7 Å². The lowest BCUT2D eigenvalue weighted by atomic mass is 10.2. The van der Waals surface area contributed by atoms with E-state index in [-0.39, 0.29) is 17.5 Å². The van der Waals surface area contributed by atoms with Gasteiger partial charge in [-0.2, -0.15) is 0 Å². The molecule has 0 saturated heterocycles. The molecular formula is C23H19ClN5O4P. The molecule has 5 rings (SSSR count). The number of ether oxygens (including phenoxy) is 1. The smallest absolute Gasteiger partial charge is 0.327 e. The Morgan fingerprint density at radius 3 is 2.47 bits per heavy atom. The van der Waals surface area contributed by atoms with Gasteiger partial charge in [0.1, 0.15) is 18.2 Å². The average molecular weight is 496 g/mol. The molecule has 0 amide bonds. The van der Waals surface area contributed by atoms with Crippen LogP contribution in [0.3, 0.4) is 0 Å². The zero-order valence-electron chi connectivity index (χ0n) is 17.7. The summed E-state index contributed by atoms with van der Waals surface area (Å²) in [5.41, 5.74) is 0.968. The van der Waals surface area contributed by atoms with Gasteiger partial charge in [0, 0.05) is 23.0 Å². The number of halogens is 1. The van der Waals surface area contributed by atoms with Crippen molar-refractivity contribution < 1.29 is 14.2 Å². The van der Waals surface area contributed by atoms with Crippen LogP contribution in [0, 0.1) is 0 Å². The molecular weight excluding hydrogens is 477 g/mol. The molecule has 0 spiro atoms. The van der Waals surface area contributed by atoms with E-state index in [0.717, 1.165) is 0 Å². The second-order valence-electron chi connectivity index (χ2n) is 7.45. The molecule has 0 aliphatic carbocycles. The molecule has 34 heavy (non-hydrogen) atoms. The van der Waals surface area contributed by atoms with Crippen LogP contribution < -0.4 is 15.6 Å². The summed E-state index contributed by atoms with van der Waals surface area (Å²) in [6.45, 7) is 0.596. The van der Waals surface area contributed by atoms with Crippen molar-refractivity contribution in [2.75, 3.05) is 6.61 Å². The second-order valence-corrected chi connectivity index (χ2v) is 9.95. The highest BCUT2D eigenvalue weighted by molar-refractivity contribution is 7.64. The van der Waals surface area contributed by atoms with E-state index in [0.29, 0.717) is 39.9 Å². The predicted molar refractivity (Wildman–Crippen MR) is 130 cm³/mol. The van der Waals surface area contributed by atoms with Crippen LogP contribution >= 0.6 is 19.1 Å². The van der Waals surface area contributed by atoms with Crippen LogP contribution in [0.1, 0.15) is 0 Å². The first-order valence-electron chi connectivity index (χ1n) is 10.3. The Morgan fingerprint density at radius 2 is 1.76 bits per heavy atom. The van der Waals surface area contributed by atoms with Crippen molar-refractivity contribution in [3.05, 3.63) is 94.8 Å². The molecule has 9 nitrogen and oxygen atoms in total. The Hall–Kier alpha value is -3.65. The van der Waals surface area contributed by atoms with Crippen molar-refractivity contribution in [3.63, 3.8) is 0 Å². The van der Waals surface area contributed by atoms with Crippen molar-refractivity contribution >= 4 is 35.6 Å². The lowest BCUT2D eigenvalue weighted by Gasteiger charge is -2.14. The maximum absolute atomic E-state index is 12.9. The highest BCUT2D eigenvalue weighted by atomic mass is 35.5. The molecule has 1 atom stereocenters. The van der Waals surface area contributed by atoms with E-state index in [1.807, 2.05) is 0 Å². The summed E-state index contributed by atoms with van der Waals surface area (Å²) in [4.78, 5) is 34.4. The fraction of sp³-hybridized carbons (Fsp3) is 0.0870. The maximum atomic E-state index is 12.9. The molecule has 3 heterocycles. The molecule has 0 bridgehead atoms. The summed E-state index contributed by atoms with van der Waals surface area (Å²) in [7, 11) is -3.77. The van der Waals surface area contributed by atoms with Crippen LogP contribution in [-0.4, -0.2) is 35.4 Å². The van der Waals surface area contributed by atoms with Crippen LogP contribution in [0.4, 0.5) is 0 Å². The van der Waals surface area contributed by atoms with E-state index in [1.165, 1.54) is 10.7 Å². The number of hydrogen-bond donors (Lipinski definition) is 2. The summed E-state index contributed by atoms with van der Waals surface area (Å²) < 4.78 is 21.7. The molecule has 0 radical (unpaired) electrons. The van der Waals surface area contributed by atoms with Crippen molar-refractivity contribution in [3.8, 4) is 17.1 Å². The number of rotatable bonds is 7. The number of nitrogens with zero attached hydrogens (tertiary/aromatic N) is 4. The third-order valence-electron chi connectivity index (χ3n) is 5.31. The maximum Gasteiger partial charge on any atom is 0.327 e. The number of hydrogen-bond acceptors (Lipinski definition) is 5. The Bertz CT molecular complexity index is 1540. The molecule has 5 aromatic rings. The first kappa shape index (κ1) is 22.2. The van der Waals surface area contributed by atoms with Crippen LogP contribution in [0.2, 0.25) is 5.02 Å². The van der Waals surface area contributed by atoms with Crippen LogP contribution in [0.15, 0.2) is 84.2 Å². The Morgan fingerprint density at radius 1 is 1.06 bits per heavy atom. The summed E-state index contributed by atoms with van der Waals surface area (Å²) in [6, 6.07) is 17.0. The fourth-order valence-electron chi connectivity index (χ4n) is 3.64. The molecule has 0 fully saturated rings. The minimum Gasteiger partial charge on any atom is -0.492 e. The van der Waals surface area contributed by atoms with Gasteiger partial charge in [0.2, 0.25) is 0 Å². The topological polar surface area (TPSA) is 115 Å². The number of imidazole rings is 1. The second kappa shape index (κ2) is 8.95. The summed E-state index contributed by atoms with van der Waals surface area (Å²) in [5.74, 6) is 1.15. The third kappa shape index (κ3) is 4.17. The summed E-state index contributed by atoms with van der Waals surface area (Å²) >= 11 is 5.92. The van der Waals surface area contributed by atoms with Crippen LogP contribution in [-0.2, 0) is 11.1 Å². The lowest BCUT2D eigenvalue weighted by molar-refractivity contribution is 0.300. The van der Waals surface area contributed by atoms with E-state index >= 15 is 0 Å². The summed E-state index contributed by atoms with van der Waals surface area (Å²) in [6.07, 6.45) is 4.40. The minimum absolute atomic E-state index is 0.270. The zero-order valence-corrected chi connectivity index (χ0v) is 19.4. The van der Waals surface area contributed by atoms with Crippen LogP contribution in [0.5, 0.6) is 5.75 Å². The van der Waals surface area contributed by atoms with Gasteiger partial charge < -0.3 is 19.2 Å². The molecule has 2 N–H and O–H groups in total. The van der Waals surface area contributed by atoms with Gasteiger partial charge >= 0.3 is 7.52 Å². The quantitative estimate of drug-likeness (QED) is 0.333. The lowest BCUT2D eigenvalue weighted by Crippen LogP contribution is -2.15. The van der Waals surface area contributed by atoms with Crippen molar-refractivity contribution in [2.45, 2.75) is 6.54 Å². The van der Waals surface area contributed by atoms with Gasteiger partial charge in [-0.05, 0) is 48.5 Å². The number of aromatic amines is 1. The minimum atomic E-state index is -3.77. The van der Waals surface area contributed by atoms with Gasteiger partial charge in [0.05, 0.1) is 18.2 Å². The molecule has 2 aromatic carbocycles. The molecule has 0 aliphatic heterocycles. The normalized spacial score (nSPS) is 13.1. The van der Waals surface area contributed by atoms with E-state index in [9.17, 15) is 14.3 Å². The highest BCUT2D eigenvalue weighted by Gasteiger charge is 2.23. The van der Waals surface area contributed by atoms with Gasteiger partial charge in [-0.25, -0.2) is 9.97 Å². The molecule has 0 saturated carbocycles. The Labute approximate surface area is 198 Å². The van der Waals surface area contributed by atoms with Crippen LogP contribution in [0.25, 0.3) is 22.6 Å². The Kier molecular flexibility index (Phi) is 5.83. The van der Waals surface area contributed by atoms with Crippen molar-refractivity contribution in [2.24, 2.45) is 0 Å². The zero-order chi connectivity index (χ0) is 23.7. The Balaban J connectivity index is 1.48. The average Bonchev–Trinajstić information content (AvgIpc) is 3.50. The SMILES string of the molecule is O=c1[nH]cnc2nc(-c3ccc(P(=O)(O)n4cccc4)cc3)n(CCOc3ccc(Cl)cc3)c12. The number of fused-ring (bicyclic) bond motifs is 1. The summed E-state index contributed by atoms with van der Waals surface area (Å²) in [5, 5.41) is 0.887. The number of nitrogens with one attached hydrogen (secondary N) is 1. The predicted octanol–water partition coefficient (Wildman–Crippen LogP) is 3.68. The number of H-pyrrole nitrogens is 1. The van der Waals surface area contributed by atoms with Gasteiger partial charge in [-0.15, -0.1) is 0 Å². The van der Waals surface area contributed by atoms with Gasteiger partial charge in [-0.3, -0.25) is 13.7 Å². The van der Waals surface area contributed by atoms with Crippen molar-refractivity contribution in [1.29, 1.82) is 0 Å². The standard InChI is InChI=1S/C23H19ClN5O4P/c24-17-5-7-18(8-6-17)33-14-13-29-20-21(25-15-26-23(20)30)27-22(29)16-3-9-19(10-4-16)34(31,32)28-11-1-2-12-28/h1-12,15H,13-14H2,(H,31,32)(H,25,26,30). The van der Waals surface area contributed by atoms with E-state index in [2.05, 4.69) is 15.0 Å². The number of benzene rings is 2. The van der Waals surface area contributed by atoms with Gasteiger partial charge in [0.25, 0.3) is 5.56 Å². The molecule has 0 aliphatic rings. The van der Waals surface area contributed by atoms with Crippen molar-refractivity contribution in [1.82, 2.24) is 23.9 Å². The molecule has 1 unspecified atom stereocenters. The monoisotopic (exact) mass is 495 g/mol. The first-order chi connectivity index (χ1) is 16.4. The van der Waals surface area contributed by atoms with E-state index in [4.69, 9.17) is 16.3 Å². The van der Waals surface area contributed by atoms with E-state index < -0.39 is 7.52 Å². The largest absolute Gasteiger partial charge is 0.492 e. The van der Waals surface area contributed by atoms with Gasteiger partial charge in [0.15, 0.2) is 11.2 Å². The highest BCUT2D eigenvalue weighted by Crippen LogP contribution is 2.41. The number of aromatic nitrogens is 5. The molecule has 172 valence electrons. The molecule has 11 heteroatoms. The fourth-order valence-corrected chi connectivity index (χ4v) is 5.09. The first-order valence-corrected chi connectivity index (χ1v) is 12.3. The molecule has 3 aromatic heterocycles. The van der Waals surface area contributed by atoms with E-state index in [1.54, 1.807) is 77.6 Å². The third-order valence-corrected chi connectivity index (χ3v) is 7.42.